The van der Waals surface area contributed by atoms with Gasteiger partial charge in [-0.3, -0.25) is 9.69 Å². The monoisotopic (exact) mass is 314 g/mol. The van der Waals surface area contributed by atoms with E-state index in [2.05, 4.69) is 0 Å². The minimum absolute atomic E-state index is 0.0637. The van der Waals surface area contributed by atoms with Crippen LogP contribution in [0.5, 0.6) is 0 Å². The summed E-state index contributed by atoms with van der Waals surface area (Å²) in [6, 6.07) is 3.14. The van der Waals surface area contributed by atoms with E-state index in [1.165, 1.54) is 0 Å². The largest absolute Gasteiger partial charge is 0.468 e. The Labute approximate surface area is 125 Å². The number of furan rings is 1. The molecule has 2 rings (SSSR count). The quantitative estimate of drug-likeness (QED) is 0.802. The second kappa shape index (κ2) is 6.19. The van der Waals surface area contributed by atoms with Crippen LogP contribution in [0.15, 0.2) is 22.8 Å². The van der Waals surface area contributed by atoms with Gasteiger partial charge in [0.1, 0.15) is 5.76 Å². The van der Waals surface area contributed by atoms with E-state index in [9.17, 15) is 13.2 Å². The molecule has 1 fully saturated rings. The van der Waals surface area contributed by atoms with E-state index in [4.69, 9.17) is 4.42 Å². The molecule has 0 saturated carbocycles. The molecule has 0 unspecified atom stereocenters. The minimum atomic E-state index is -2.98. The second-order valence-corrected chi connectivity index (χ2v) is 7.91. The smallest absolute Gasteiger partial charge is 0.239 e. The third-order valence-electron chi connectivity index (χ3n) is 4.11. The molecule has 1 aromatic rings. The average Bonchev–Trinajstić information content (AvgIpc) is 3.05. The molecule has 0 aromatic carbocycles. The zero-order valence-electron chi connectivity index (χ0n) is 12.7. The van der Waals surface area contributed by atoms with Crippen LogP contribution in [0.25, 0.3) is 0 Å². The van der Waals surface area contributed by atoms with E-state index in [1.54, 1.807) is 18.2 Å². The van der Waals surface area contributed by atoms with Gasteiger partial charge in [0, 0.05) is 13.1 Å². The maximum absolute atomic E-state index is 12.5. The normalized spacial score (nSPS) is 22.4. The van der Waals surface area contributed by atoms with Gasteiger partial charge in [-0.25, -0.2) is 8.42 Å². The molecule has 1 aliphatic heterocycles. The van der Waals surface area contributed by atoms with Crippen molar-refractivity contribution in [2.75, 3.05) is 25.6 Å². The van der Waals surface area contributed by atoms with E-state index >= 15 is 0 Å². The predicted octanol–water partition coefficient (Wildman–Crippen LogP) is 0.745. The fourth-order valence-corrected chi connectivity index (χ4v) is 4.30. The molecule has 0 aliphatic carbocycles. The summed E-state index contributed by atoms with van der Waals surface area (Å²) in [6.45, 7) is 2.36. The molecule has 1 saturated heterocycles. The molecule has 0 spiro atoms. The SMILES string of the molecule is C[C@@H](C(=O)N(C)[C@H]1CCS(=O)(=O)C1)N(C)Cc1ccco1. The van der Waals surface area contributed by atoms with Crippen LogP contribution < -0.4 is 0 Å². The predicted molar refractivity (Wildman–Crippen MR) is 79.5 cm³/mol. The molecular weight excluding hydrogens is 292 g/mol. The van der Waals surface area contributed by atoms with Gasteiger partial charge in [-0.05, 0) is 32.5 Å². The van der Waals surface area contributed by atoms with Crippen molar-refractivity contribution < 1.29 is 17.6 Å². The van der Waals surface area contributed by atoms with Gasteiger partial charge in [0.2, 0.25) is 5.91 Å². The molecule has 118 valence electrons. The van der Waals surface area contributed by atoms with Crippen LogP contribution in [0, 0.1) is 0 Å². The van der Waals surface area contributed by atoms with Crippen LogP contribution in [0.2, 0.25) is 0 Å². The van der Waals surface area contributed by atoms with Gasteiger partial charge in [-0.1, -0.05) is 0 Å². The first-order valence-corrected chi connectivity index (χ1v) is 8.82. The van der Waals surface area contributed by atoms with Gasteiger partial charge in [-0.2, -0.15) is 0 Å². The zero-order valence-corrected chi connectivity index (χ0v) is 13.5. The van der Waals surface area contributed by atoms with Crippen molar-refractivity contribution in [1.82, 2.24) is 9.80 Å². The summed E-state index contributed by atoms with van der Waals surface area (Å²) >= 11 is 0. The maximum Gasteiger partial charge on any atom is 0.239 e. The van der Waals surface area contributed by atoms with Crippen LogP contribution >= 0.6 is 0 Å². The van der Waals surface area contributed by atoms with Crippen molar-refractivity contribution >= 4 is 15.7 Å². The highest BCUT2D eigenvalue weighted by Gasteiger charge is 2.34. The molecule has 2 heterocycles. The maximum atomic E-state index is 12.5. The fraction of sp³-hybridized carbons (Fsp3) is 0.643. The van der Waals surface area contributed by atoms with Crippen molar-refractivity contribution in [3.8, 4) is 0 Å². The number of hydrogen-bond acceptors (Lipinski definition) is 5. The first kappa shape index (κ1) is 16.0. The van der Waals surface area contributed by atoms with Crippen molar-refractivity contribution in [3.63, 3.8) is 0 Å². The first-order chi connectivity index (χ1) is 9.80. The molecule has 1 amide bonds. The fourth-order valence-electron chi connectivity index (χ4n) is 2.53. The molecule has 6 nitrogen and oxygen atoms in total. The number of hydrogen-bond donors (Lipinski definition) is 0. The molecule has 2 atom stereocenters. The number of rotatable bonds is 5. The van der Waals surface area contributed by atoms with Crippen molar-refractivity contribution in [2.24, 2.45) is 0 Å². The molecule has 1 aromatic heterocycles. The summed E-state index contributed by atoms with van der Waals surface area (Å²) in [5.41, 5.74) is 0. The summed E-state index contributed by atoms with van der Waals surface area (Å²) in [7, 11) is 0.554. The highest BCUT2D eigenvalue weighted by atomic mass is 32.2. The Morgan fingerprint density at radius 3 is 2.71 bits per heavy atom. The summed E-state index contributed by atoms with van der Waals surface area (Å²) in [5, 5.41) is 0. The lowest BCUT2D eigenvalue weighted by Gasteiger charge is -2.30. The van der Waals surface area contributed by atoms with Crippen molar-refractivity contribution in [1.29, 1.82) is 0 Å². The van der Waals surface area contributed by atoms with E-state index in [-0.39, 0.29) is 29.5 Å². The molecule has 0 bridgehead atoms. The Balaban J connectivity index is 1.95. The molecule has 0 radical (unpaired) electrons. The molecule has 7 heteroatoms. The van der Waals surface area contributed by atoms with Crippen LogP contribution in [-0.2, 0) is 21.2 Å². The van der Waals surface area contributed by atoms with E-state index in [0.29, 0.717) is 13.0 Å². The molecule has 21 heavy (non-hydrogen) atoms. The lowest BCUT2D eigenvalue weighted by molar-refractivity contribution is -0.136. The van der Waals surface area contributed by atoms with Crippen LogP contribution in [0.1, 0.15) is 19.1 Å². The molecule has 1 aliphatic rings. The number of carbonyl (C=O) groups is 1. The minimum Gasteiger partial charge on any atom is -0.468 e. The number of sulfone groups is 1. The van der Waals surface area contributed by atoms with Crippen LogP contribution in [-0.4, -0.2) is 61.8 Å². The Morgan fingerprint density at radius 2 is 2.19 bits per heavy atom. The second-order valence-electron chi connectivity index (χ2n) is 5.68. The lowest BCUT2D eigenvalue weighted by atomic mass is 10.2. The molecular formula is C14H22N2O4S. The Bertz CT molecular complexity index is 582. The van der Waals surface area contributed by atoms with Gasteiger partial charge in [0.25, 0.3) is 0 Å². The summed E-state index contributed by atoms with van der Waals surface area (Å²) in [6.07, 6.45) is 2.13. The summed E-state index contributed by atoms with van der Waals surface area (Å²) in [4.78, 5) is 15.9. The van der Waals surface area contributed by atoms with Gasteiger partial charge in [-0.15, -0.1) is 0 Å². The van der Waals surface area contributed by atoms with Gasteiger partial charge in [0.15, 0.2) is 9.84 Å². The molecule has 0 N–H and O–H groups in total. The third kappa shape index (κ3) is 3.85. The van der Waals surface area contributed by atoms with Crippen LogP contribution in [0.3, 0.4) is 0 Å². The van der Waals surface area contributed by atoms with Crippen molar-refractivity contribution in [3.05, 3.63) is 24.2 Å². The third-order valence-corrected chi connectivity index (χ3v) is 5.86. The zero-order chi connectivity index (χ0) is 15.6. The van der Waals surface area contributed by atoms with Gasteiger partial charge in [0.05, 0.1) is 30.4 Å². The summed E-state index contributed by atoms with van der Waals surface area (Å²) in [5.74, 6) is 0.977. The standard InChI is InChI=1S/C14H22N2O4S/c1-11(15(2)9-13-5-4-7-20-13)14(17)16(3)12-6-8-21(18,19)10-12/h4-5,7,11-12H,6,8-10H2,1-3H3/t11-,12-/m0/s1. The lowest BCUT2D eigenvalue weighted by Crippen LogP contribution is -2.48. The van der Waals surface area contributed by atoms with Crippen molar-refractivity contribution in [2.45, 2.75) is 32.0 Å². The number of amides is 1. The van der Waals surface area contributed by atoms with Crippen LogP contribution in [0.4, 0.5) is 0 Å². The Morgan fingerprint density at radius 1 is 1.48 bits per heavy atom. The number of likely N-dealkylation sites (N-methyl/N-ethyl adjacent to an activating group) is 2. The van der Waals surface area contributed by atoms with E-state index < -0.39 is 9.84 Å². The average molecular weight is 314 g/mol. The first-order valence-electron chi connectivity index (χ1n) is 7.00. The van der Waals surface area contributed by atoms with Gasteiger partial charge >= 0.3 is 0 Å². The highest BCUT2D eigenvalue weighted by Crippen LogP contribution is 2.18. The summed E-state index contributed by atoms with van der Waals surface area (Å²) < 4.78 is 28.3. The van der Waals surface area contributed by atoms with E-state index in [0.717, 1.165) is 5.76 Å². The topological polar surface area (TPSA) is 70.8 Å². The Kier molecular flexibility index (Phi) is 4.73. The Hall–Kier alpha value is -1.34. The highest BCUT2D eigenvalue weighted by molar-refractivity contribution is 7.91. The number of carbonyl (C=O) groups excluding carboxylic acids is 1. The van der Waals surface area contributed by atoms with E-state index in [1.807, 2.05) is 31.0 Å². The van der Waals surface area contributed by atoms with Gasteiger partial charge < -0.3 is 9.32 Å². The number of nitrogens with zero attached hydrogens (tertiary/aromatic N) is 2.